The number of nitrogens with one attached hydrogen (secondary N) is 1. The number of halogens is 3. The van der Waals surface area contributed by atoms with E-state index in [2.05, 4.69) is 17.1 Å². The van der Waals surface area contributed by atoms with E-state index >= 15 is 0 Å². The summed E-state index contributed by atoms with van der Waals surface area (Å²) in [5, 5.41) is 4.14. The average Bonchev–Trinajstić information content (AvgIpc) is 2.95. The van der Waals surface area contributed by atoms with Crippen LogP contribution in [0.2, 0.25) is 5.02 Å². The Bertz CT molecular complexity index is 489. The van der Waals surface area contributed by atoms with Crippen LogP contribution in [0.3, 0.4) is 0 Å². The van der Waals surface area contributed by atoms with Gasteiger partial charge >= 0.3 is 0 Å². The second-order valence-electron chi connectivity index (χ2n) is 5.60. The SMILES string of the molecule is CCOc1cc(CNCC2CCCN2CC)cc(Cl)c1OC.Cl.Cl. The lowest BCUT2D eigenvalue weighted by atomic mass is 10.1. The number of nitrogens with zero attached hydrogens (tertiary/aromatic N) is 1. The molecule has 1 aliphatic rings. The zero-order valence-electron chi connectivity index (χ0n) is 14.6. The van der Waals surface area contributed by atoms with Crippen molar-refractivity contribution in [3.8, 4) is 11.5 Å². The Balaban J connectivity index is 0.00000264. The van der Waals surface area contributed by atoms with E-state index in [9.17, 15) is 0 Å². The van der Waals surface area contributed by atoms with Crippen molar-refractivity contribution < 1.29 is 9.47 Å². The van der Waals surface area contributed by atoms with Crippen molar-refractivity contribution in [2.75, 3.05) is 33.4 Å². The Labute approximate surface area is 163 Å². The quantitative estimate of drug-likeness (QED) is 0.711. The molecule has 0 aliphatic carbocycles. The molecule has 1 atom stereocenters. The number of ether oxygens (including phenoxy) is 2. The lowest BCUT2D eigenvalue weighted by molar-refractivity contribution is 0.260. The first-order valence-corrected chi connectivity index (χ1v) is 8.51. The van der Waals surface area contributed by atoms with Crippen LogP contribution in [0.5, 0.6) is 11.5 Å². The van der Waals surface area contributed by atoms with E-state index in [4.69, 9.17) is 21.1 Å². The number of likely N-dealkylation sites (N-methyl/N-ethyl adjacent to an activating group) is 1. The standard InChI is InChI=1S/C17H27ClN2O2.2ClH/c1-4-20-8-6-7-14(20)12-19-11-13-9-15(18)17(21-3)16(10-13)22-5-2;;/h9-10,14,19H,4-8,11-12H2,1-3H3;2*1H. The van der Waals surface area contributed by atoms with Crippen molar-refractivity contribution in [1.29, 1.82) is 0 Å². The predicted octanol–water partition coefficient (Wildman–Crippen LogP) is 4.16. The van der Waals surface area contributed by atoms with E-state index in [1.165, 1.54) is 19.4 Å². The molecule has 1 fully saturated rings. The first-order valence-electron chi connectivity index (χ1n) is 8.13. The summed E-state index contributed by atoms with van der Waals surface area (Å²) in [6, 6.07) is 4.61. The van der Waals surface area contributed by atoms with Gasteiger partial charge in [0.1, 0.15) is 0 Å². The molecule has 24 heavy (non-hydrogen) atoms. The van der Waals surface area contributed by atoms with Gasteiger partial charge in [-0.2, -0.15) is 0 Å². The van der Waals surface area contributed by atoms with E-state index < -0.39 is 0 Å². The minimum atomic E-state index is 0. The van der Waals surface area contributed by atoms with Gasteiger partial charge < -0.3 is 14.8 Å². The van der Waals surface area contributed by atoms with Crippen LogP contribution in [0.15, 0.2) is 12.1 Å². The first kappa shape index (κ1) is 23.6. The van der Waals surface area contributed by atoms with Crippen molar-refractivity contribution in [2.45, 2.75) is 39.3 Å². The molecule has 0 spiro atoms. The second-order valence-corrected chi connectivity index (χ2v) is 6.00. The average molecular weight is 400 g/mol. The van der Waals surface area contributed by atoms with Crippen molar-refractivity contribution >= 4 is 36.4 Å². The van der Waals surface area contributed by atoms with Crippen LogP contribution in [-0.4, -0.2) is 44.3 Å². The van der Waals surface area contributed by atoms with Crippen LogP contribution in [0.1, 0.15) is 32.3 Å². The molecule has 1 saturated heterocycles. The summed E-state index contributed by atoms with van der Waals surface area (Å²) in [7, 11) is 1.61. The van der Waals surface area contributed by atoms with Gasteiger partial charge in [-0.25, -0.2) is 0 Å². The van der Waals surface area contributed by atoms with Gasteiger partial charge in [0.2, 0.25) is 0 Å². The Kier molecular flexibility index (Phi) is 11.8. The fourth-order valence-corrected chi connectivity index (χ4v) is 3.42. The van der Waals surface area contributed by atoms with Crippen molar-refractivity contribution in [1.82, 2.24) is 10.2 Å². The maximum Gasteiger partial charge on any atom is 0.179 e. The molecule has 1 unspecified atom stereocenters. The van der Waals surface area contributed by atoms with Crippen molar-refractivity contribution in [3.63, 3.8) is 0 Å². The molecular formula is C17H29Cl3N2O2. The van der Waals surface area contributed by atoms with Gasteiger partial charge in [-0.05, 0) is 50.6 Å². The number of likely N-dealkylation sites (tertiary alicyclic amines) is 1. The van der Waals surface area contributed by atoms with Crippen LogP contribution < -0.4 is 14.8 Å². The highest BCUT2D eigenvalue weighted by atomic mass is 35.5. The van der Waals surface area contributed by atoms with E-state index in [0.29, 0.717) is 29.2 Å². The summed E-state index contributed by atoms with van der Waals surface area (Å²) in [6.45, 7) is 8.95. The number of benzene rings is 1. The number of rotatable bonds is 8. The molecule has 7 heteroatoms. The Hall–Kier alpha value is -0.390. The van der Waals surface area contributed by atoms with Gasteiger partial charge in [-0.3, -0.25) is 4.90 Å². The summed E-state index contributed by atoms with van der Waals surface area (Å²) in [5.41, 5.74) is 1.12. The molecule has 140 valence electrons. The van der Waals surface area contributed by atoms with Gasteiger partial charge in [0.25, 0.3) is 0 Å². The Morgan fingerprint density at radius 3 is 2.67 bits per heavy atom. The van der Waals surface area contributed by atoms with Gasteiger partial charge in [0.05, 0.1) is 18.7 Å². The van der Waals surface area contributed by atoms with Gasteiger partial charge in [0.15, 0.2) is 11.5 Å². The molecule has 0 bridgehead atoms. The first-order chi connectivity index (χ1) is 10.7. The van der Waals surface area contributed by atoms with Crippen LogP contribution >= 0.6 is 36.4 Å². The highest BCUT2D eigenvalue weighted by molar-refractivity contribution is 6.32. The number of hydrogen-bond acceptors (Lipinski definition) is 4. The minimum Gasteiger partial charge on any atom is -0.491 e. The van der Waals surface area contributed by atoms with Gasteiger partial charge in [-0.15, -0.1) is 24.8 Å². The van der Waals surface area contributed by atoms with Crippen LogP contribution in [0.25, 0.3) is 0 Å². The summed E-state index contributed by atoms with van der Waals surface area (Å²) in [4.78, 5) is 2.54. The van der Waals surface area contributed by atoms with Gasteiger partial charge in [-0.1, -0.05) is 18.5 Å². The molecule has 2 rings (SSSR count). The minimum absolute atomic E-state index is 0. The van der Waals surface area contributed by atoms with Crippen LogP contribution in [0, 0.1) is 0 Å². The van der Waals surface area contributed by atoms with Crippen molar-refractivity contribution in [3.05, 3.63) is 22.7 Å². The smallest absolute Gasteiger partial charge is 0.179 e. The fourth-order valence-electron chi connectivity index (χ4n) is 3.11. The second kappa shape index (κ2) is 12.0. The lowest BCUT2D eigenvalue weighted by Gasteiger charge is -2.23. The van der Waals surface area contributed by atoms with Gasteiger partial charge in [0, 0.05) is 19.1 Å². The van der Waals surface area contributed by atoms with Crippen molar-refractivity contribution in [2.24, 2.45) is 0 Å². The maximum atomic E-state index is 6.28. The highest BCUT2D eigenvalue weighted by Gasteiger charge is 2.22. The predicted molar refractivity (Wildman–Crippen MR) is 106 cm³/mol. The van der Waals surface area contributed by atoms with E-state index in [0.717, 1.165) is 25.2 Å². The monoisotopic (exact) mass is 398 g/mol. The zero-order chi connectivity index (χ0) is 15.9. The molecule has 0 aromatic heterocycles. The molecule has 1 heterocycles. The molecule has 1 aliphatic heterocycles. The summed E-state index contributed by atoms with van der Waals surface area (Å²) in [6.07, 6.45) is 2.59. The largest absolute Gasteiger partial charge is 0.491 e. The normalized spacial score (nSPS) is 17.1. The summed E-state index contributed by atoms with van der Waals surface area (Å²) in [5.74, 6) is 1.32. The molecule has 4 nitrogen and oxygen atoms in total. The third kappa shape index (κ3) is 6.16. The molecule has 1 N–H and O–H groups in total. The van der Waals surface area contributed by atoms with E-state index in [-0.39, 0.29) is 24.8 Å². The molecule has 0 radical (unpaired) electrons. The summed E-state index contributed by atoms with van der Waals surface area (Å²) < 4.78 is 10.9. The molecule has 0 saturated carbocycles. The lowest BCUT2D eigenvalue weighted by Crippen LogP contribution is -2.37. The van der Waals surface area contributed by atoms with E-state index in [1.54, 1.807) is 7.11 Å². The number of hydrogen-bond donors (Lipinski definition) is 1. The topological polar surface area (TPSA) is 33.7 Å². The Morgan fingerprint density at radius 2 is 2.04 bits per heavy atom. The molecule has 0 amide bonds. The third-order valence-electron chi connectivity index (χ3n) is 4.19. The molecule has 1 aromatic rings. The summed E-state index contributed by atoms with van der Waals surface area (Å²) >= 11 is 6.28. The highest BCUT2D eigenvalue weighted by Crippen LogP contribution is 2.36. The molecule has 1 aromatic carbocycles. The van der Waals surface area contributed by atoms with Crippen LogP contribution in [-0.2, 0) is 6.54 Å². The number of methoxy groups -OCH3 is 1. The van der Waals surface area contributed by atoms with Crippen LogP contribution in [0.4, 0.5) is 0 Å². The zero-order valence-corrected chi connectivity index (χ0v) is 17.0. The molecular weight excluding hydrogens is 371 g/mol. The fraction of sp³-hybridized carbons (Fsp3) is 0.647. The Morgan fingerprint density at radius 1 is 1.29 bits per heavy atom. The maximum absolute atomic E-state index is 6.28. The third-order valence-corrected chi connectivity index (χ3v) is 4.47. The van der Waals surface area contributed by atoms with E-state index in [1.807, 2.05) is 19.1 Å².